The number of halogens is 2. The first-order chi connectivity index (χ1) is 15.0. The zero-order valence-corrected chi connectivity index (χ0v) is 17.2. The van der Waals surface area contributed by atoms with Gasteiger partial charge in [-0.25, -0.2) is 13.8 Å². The molecule has 1 fully saturated rings. The van der Waals surface area contributed by atoms with E-state index < -0.39 is 12.5 Å². The molecule has 1 aliphatic heterocycles. The second kappa shape index (κ2) is 8.83. The Hall–Kier alpha value is -3.30. The van der Waals surface area contributed by atoms with Gasteiger partial charge in [0.15, 0.2) is 6.10 Å². The van der Waals surface area contributed by atoms with Crippen molar-refractivity contribution in [2.45, 2.75) is 38.2 Å². The summed E-state index contributed by atoms with van der Waals surface area (Å²) in [4.78, 5) is 22.9. The van der Waals surface area contributed by atoms with Crippen molar-refractivity contribution in [3.63, 3.8) is 0 Å². The molecule has 4 rings (SSSR count). The number of nitrogens with zero attached hydrogens (tertiary/aromatic N) is 5. The molecule has 0 aliphatic carbocycles. The fourth-order valence-corrected chi connectivity index (χ4v) is 3.80. The van der Waals surface area contributed by atoms with Gasteiger partial charge in [-0.15, -0.1) is 0 Å². The van der Waals surface area contributed by atoms with Crippen LogP contribution >= 0.6 is 0 Å². The molecule has 0 bridgehead atoms. The van der Waals surface area contributed by atoms with Crippen molar-refractivity contribution < 1.29 is 23.0 Å². The van der Waals surface area contributed by atoms with Gasteiger partial charge in [-0.05, 0) is 38.0 Å². The minimum atomic E-state index is -2.68. The van der Waals surface area contributed by atoms with E-state index in [9.17, 15) is 13.6 Å². The van der Waals surface area contributed by atoms with E-state index >= 15 is 0 Å². The molecular formula is C21H23F2N5O3. The number of piperidine rings is 1. The molecule has 1 amide bonds. The quantitative estimate of drug-likeness (QED) is 0.596. The average molecular weight is 431 g/mol. The lowest BCUT2D eigenvalue weighted by Crippen LogP contribution is -2.44. The van der Waals surface area contributed by atoms with Gasteiger partial charge in [-0.1, -0.05) is 6.07 Å². The fraction of sp³-hybridized carbons (Fsp3) is 0.429. The smallest absolute Gasteiger partial charge is 0.280 e. The Kier molecular flexibility index (Phi) is 5.97. The van der Waals surface area contributed by atoms with Crippen LogP contribution in [0, 0.1) is 0 Å². The lowest BCUT2D eigenvalue weighted by molar-refractivity contribution is -0.139. The van der Waals surface area contributed by atoms with Crippen LogP contribution in [0.25, 0.3) is 5.78 Å². The predicted molar refractivity (Wildman–Crippen MR) is 107 cm³/mol. The predicted octanol–water partition coefficient (Wildman–Crippen LogP) is 3.24. The van der Waals surface area contributed by atoms with Gasteiger partial charge >= 0.3 is 0 Å². The van der Waals surface area contributed by atoms with Gasteiger partial charge in [0.2, 0.25) is 0 Å². The van der Waals surface area contributed by atoms with Gasteiger partial charge in [-0.3, -0.25) is 4.79 Å². The number of carbonyl (C=O) groups excluding carboxylic acids is 1. The number of rotatable bonds is 6. The standard InChI is InChI=1S/C21H23F2N5O3/c1-13(31-16-5-3-4-15(10-16)30-2)20(29)27-8-6-14(7-9-27)17-11-18(19(22)23)28-21(26-17)24-12-25-28/h3-5,10-14,19H,6-9H2,1-2H3. The summed E-state index contributed by atoms with van der Waals surface area (Å²) in [7, 11) is 1.57. The van der Waals surface area contributed by atoms with Crippen LogP contribution in [0.15, 0.2) is 36.7 Å². The molecule has 1 saturated heterocycles. The summed E-state index contributed by atoms with van der Waals surface area (Å²) in [5.74, 6) is 1.22. The molecule has 3 heterocycles. The molecule has 0 N–H and O–H groups in total. The van der Waals surface area contributed by atoms with Gasteiger partial charge in [0, 0.05) is 30.8 Å². The average Bonchev–Trinajstić information content (AvgIpc) is 3.26. The van der Waals surface area contributed by atoms with Crippen LogP contribution in [0.2, 0.25) is 0 Å². The first kappa shape index (κ1) is 21.0. The number of alkyl halides is 2. The summed E-state index contributed by atoms with van der Waals surface area (Å²) in [6.07, 6.45) is -0.875. The number of methoxy groups -OCH3 is 1. The fourth-order valence-electron chi connectivity index (χ4n) is 3.80. The minimum absolute atomic E-state index is 0.0298. The number of amides is 1. The third-order valence-corrected chi connectivity index (χ3v) is 5.45. The zero-order chi connectivity index (χ0) is 22.0. The number of benzene rings is 1. The number of aromatic nitrogens is 4. The topological polar surface area (TPSA) is 81.9 Å². The summed E-state index contributed by atoms with van der Waals surface area (Å²) in [6.45, 7) is 2.71. The molecule has 8 nitrogen and oxygen atoms in total. The van der Waals surface area contributed by atoms with Gasteiger partial charge in [0.1, 0.15) is 23.5 Å². The Morgan fingerprint density at radius 1 is 1.19 bits per heavy atom. The number of hydrogen-bond donors (Lipinski definition) is 0. The highest BCUT2D eigenvalue weighted by Gasteiger charge is 2.29. The molecule has 1 aliphatic rings. The summed E-state index contributed by atoms with van der Waals surface area (Å²) in [6, 6.07) is 8.48. The summed E-state index contributed by atoms with van der Waals surface area (Å²) >= 11 is 0. The minimum Gasteiger partial charge on any atom is -0.497 e. The molecule has 2 aromatic heterocycles. The molecule has 0 spiro atoms. The number of likely N-dealkylation sites (tertiary alicyclic amines) is 1. The molecule has 1 atom stereocenters. The zero-order valence-electron chi connectivity index (χ0n) is 17.2. The van der Waals surface area contributed by atoms with Crippen LogP contribution in [0.1, 0.15) is 43.5 Å². The van der Waals surface area contributed by atoms with Crippen LogP contribution in [-0.2, 0) is 4.79 Å². The Bertz CT molecular complexity index is 1070. The van der Waals surface area contributed by atoms with E-state index in [1.165, 1.54) is 12.4 Å². The van der Waals surface area contributed by atoms with E-state index in [-0.39, 0.29) is 23.3 Å². The molecule has 1 aromatic carbocycles. The molecule has 31 heavy (non-hydrogen) atoms. The SMILES string of the molecule is COc1cccc(OC(C)C(=O)N2CCC(c3cc(C(F)F)n4ncnc4n3)CC2)c1. The van der Waals surface area contributed by atoms with Crippen LogP contribution in [0.3, 0.4) is 0 Å². The van der Waals surface area contributed by atoms with E-state index in [2.05, 4.69) is 15.1 Å². The molecule has 3 aromatic rings. The van der Waals surface area contributed by atoms with Gasteiger partial charge < -0.3 is 14.4 Å². The van der Waals surface area contributed by atoms with Crippen molar-refractivity contribution >= 4 is 11.7 Å². The Balaban J connectivity index is 1.40. The van der Waals surface area contributed by atoms with Crippen molar-refractivity contribution in [2.24, 2.45) is 0 Å². The van der Waals surface area contributed by atoms with Crippen molar-refractivity contribution in [1.29, 1.82) is 0 Å². The largest absolute Gasteiger partial charge is 0.497 e. The summed E-state index contributed by atoms with van der Waals surface area (Å²) < 4.78 is 38.8. The number of fused-ring (bicyclic) bond motifs is 1. The first-order valence-electron chi connectivity index (χ1n) is 10.0. The van der Waals surface area contributed by atoms with Crippen LogP contribution < -0.4 is 9.47 Å². The third kappa shape index (κ3) is 4.42. The summed E-state index contributed by atoms with van der Waals surface area (Å²) in [5.41, 5.74) is 0.333. The molecule has 1 unspecified atom stereocenters. The van der Waals surface area contributed by atoms with E-state index in [0.717, 1.165) is 4.52 Å². The highest BCUT2D eigenvalue weighted by molar-refractivity contribution is 5.81. The molecular weight excluding hydrogens is 408 g/mol. The number of carbonyl (C=O) groups is 1. The van der Waals surface area contributed by atoms with E-state index in [0.29, 0.717) is 43.1 Å². The van der Waals surface area contributed by atoms with Crippen LogP contribution in [0.5, 0.6) is 11.5 Å². The van der Waals surface area contributed by atoms with Gasteiger partial charge in [-0.2, -0.15) is 14.6 Å². The third-order valence-electron chi connectivity index (χ3n) is 5.45. The second-order valence-electron chi connectivity index (χ2n) is 7.42. The normalized spacial score (nSPS) is 16.0. The van der Waals surface area contributed by atoms with Crippen molar-refractivity contribution in [3.05, 3.63) is 48.0 Å². The van der Waals surface area contributed by atoms with Gasteiger partial charge in [0.25, 0.3) is 18.1 Å². The first-order valence-corrected chi connectivity index (χ1v) is 10.0. The van der Waals surface area contributed by atoms with Crippen LogP contribution in [0.4, 0.5) is 8.78 Å². The molecule has 0 radical (unpaired) electrons. The Labute approximate surface area is 177 Å². The summed E-state index contributed by atoms with van der Waals surface area (Å²) in [5, 5.41) is 3.81. The molecule has 164 valence electrons. The van der Waals surface area contributed by atoms with Gasteiger partial charge in [0.05, 0.1) is 7.11 Å². The highest BCUT2D eigenvalue weighted by Crippen LogP contribution is 2.30. The van der Waals surface area contributed by atoms with Crippen molar-refractivity contribution in [2.75, 3.05) is 20.2 Å². The van der Waals surface area contributed by atoms with E-state index in [4.69, 9.17) is 9.47 Å². The Morgan fingerprint density at radius 3 is 2.65 bits per heavy atom. The Morgan fingerprint density at radius 2 is 1.94 bits per heavy atom. The van der Waals surface area contributed by atoms with Crippen molar-refractivity contribution in [1.82, 2.24) is 24.5 Å². The lowest BCUT2D eigenvalue weighted by Gasteiger charge is -2.33. The molecule has 10 heteroatoms. The maximum Gasteiger partial charge on any atom is 0.280 e. The molecule has 0 saturated carbocycles. The van der Waals surface area contributed by atoms with E-state index in [1.807, 2.05) is 0 Å². The highest BCUT2D eigenvalue weighted by atomic mass is 19.3. The maximum absolute atomic E-state index is 13.4. The monoisotopic (exact) mass is 431 g/mol. The lowest BCUT2D eigenvalue weighted by atomic mass is 9.92. The number of hydrogen-bond acceptors (Lipinski definition) is 6. The van der Waals surface area contributed by atoms with Crippen molar-refractivity contribution in [3.8, 4) is 11.5 Å². The second-order valence-corrected chi connectivity index (χ2v) is 7.42. The number of ether oxygens (including phenoxy) is 2. The maximum atomic E-state index is 13.4. The van der Waals surface area contributed by atoms with E-state index in [1.54, 1.807) is 43.2 Å². The van der Waals surface area contributed by atoms with Crippen LogP contribution in [-0.4, -0.2) is 56.7 Å².